The van der Waals surface area contributed by atoms with Gasteiger partial charge < -0.3 is 20.3 Å². The smallest absolute Gasteiger partial charge is 0.191 e. The third-order valence-corrected chi connectivity index (χ3v) is 4.80. The van der Waals surface area contributed by atoms with Crippen molar-refractivity contribution in [3.8, 4) is 5.75 Å². The van der Waals surface area contributed by atoms with Gasteiger partial charge in [0, 0.05) is 37.8 Å². The number of aliphatic imine (C=N–C) groups is 1. The monoisotopic (exact) mass is 366 g/mol. The van der Waals surface area contributed by atoms with Gasteiger partial charge in [-0.25, -0.2) is 13.8 Å². The van der Waals surface area contributed by atoms with Gasteiger partial charge in [0.1, 0.15) is 12.4 Å². The van der Waals surface area contributed by atoms with E-state index in [0.717, 1.165) is 56.6 Å². The summed E-state index contributed by atoms with van der Waals surface area (Å²) in [5.41, 5.74) is 0. The van der Waals surface area contributed by atoms with Crippen molar-refractivity contribution in [2.45, 2.75) is 44.7 Å². The average molecular weight is 366 g/mol. The molecule has 1 aliphatic carbocycles. The van der Waals surface area contributed by atoms with Gasteiger partial charge in [0.25, 0.3) is 0 Å². The lowest BCUT2D eigenvalue weighted by Gasteiger charge is -2.33. The maximum Gasteiger partial charge on any atom is 0.191 e. The fourth-order valence-electron chi connectivity index (χ4n) is 3.25. The van der Waals surface area contributed by atoms with Gasteiger partial charge >= 0.3 is 0 Å². The highest BCUT2D eigenvalue weighted by atomic mass is 19.2. The predicted octanol–water partition coefficient (Wildman–Crippen LogP) is 2.53. The first kappa shape index (κ1) is 18.9. The number of ether oxygens (including phenoxy) is 1. The van der Waals surface area contributed by atoms with Crippen molar-refractivity contribution in [2.24, 2.45) is 4.99 Å². The molecule has 7 heteroatoms. The summed E-state index contributed by atoms with van der Waals surface area (Å²) in [5.74, 6) is -0.684. The van der Waals surface area contributed by atoms with Crippen LogP contribution in [0.4, 0.5) is 8.78 Å². The summed E-state index contributed by atoms with van der Waals surface area (Å²) >= 11 is 0. The second-order valence-electron chi connectivity index (χ2n) is 6.87. The van der Waals surface area contributed by atoms with Crippen molar-refractivity contribution < 1.29 is 13.5 Å². The molecule has 3 rings (SSSR count). The summed E-state index contributed by atoms with van der Waals surface area (Å²) < 4.78 is 31.5. The van der Waals surface area contributed by atoms with Crippen LogP contribution in [0.15, 0.2) is 23.2 Å². The predicted molar refractivity (Wildman–Crippen MR) is 98.6 cm³/mol. The number of hydrogen-bond donors (Lipinski definition) is 2. The minimum absolute atomic E-state index is 0.307. The maximum atomic E-state index is 13.2. The molecule has 1 saturated carbocycles. The van der Waals surface area contributed by atoms with Crippen LogP contribution in [0.25, 0.3) is 0 Å². The maximum absolute atomic E-state index is 13.2. The molecule has 1 aromatic carbocycles. The van der Waals surface area contributed by atoms with E-state index in [2.05, 4.69) is 20.5 Å². The minimum Gasteiger partial charge on any atom is -0.492 e. The Bertz CT molecular complexity index is 614. The summed E-state index contributed by atoms with van der Waals surface area (Å²) in [5, 5.41) is 6.75. The Balaban J connectivity index is 1.42. The van der Waals surface area contributed by atoms with Gasteiger partial charge in [-0.2, -0.15) is 0 Å². The van der Waals surface area contributed by atoms with Crippen LogP contribution in [-0.2, 0) is 0 Å². The first-order chi connectivity index (χ1) is 12.7. The lowest BCUT2D eigenvalue weighted by Crippen LogP contribution is -2.49. The van der Waals surface area contributed by atoms with Gasteiger partial charge in [-0.05, 0) is 44.7 Å². The van der Waals surface area contributed by atoms with E-state index in [0.29, 0.717) is 24.9 Å². The van der Waals surface area contributed by atoms with Gasteiger partial charge in [-0.3, -0.25) is 0 Å². The van der Waals surface area contributed by atoms with E-state index < -0.39 is 11.6 Å². The molecule has 1 saturated heterocycles. The second kappa shape index (κ2) is 9.16. The van der Waals surface area contributed by atoms with E-state index >= 15 is 0 Å². The normalized spacial score (nSPS) is 19.4. The third-order valence-electron chi connectivity index (χ3n) is 4.80. The summed E-state index contributed by atoms with van der Waals surface area (Å²) in [4.78, 5) is 7.11. The summed E-state index contributed by atoms with van der Waals surface area (Å²) in [6.45, 7) is 5.88. The fourth-order valence-corrected chi connectivity index (χ4v) is 3.25. The molecule has 2 N–H and O–H groups in total. The topological polar surface area (TPSA) is 48.9 Å². The Morgan fingerprint density at radius 1 is 1.19 bits per heavy atom. The summed E-state index contributed by atoms with van der Waals surface area (Å²) in [7, 11) is 0. The lowest BCUT2D eigenvalue weighted by atomic mass is 10.1. The molecule has 5 nitrogen and oxygen atoms in total. The molecule has 2 fully saturated rings. The second-order valence-corrected chi connectivity index (χ2v) is 6.87. The standard InChI is InChI=1S/C19H28F2N4O/c1-2-22-19(24-14-7-10-25(11-8-14)15-3-4-15)23-9-12-26-16-5-6-17(20)18(21)13-16/h5-6,13-15H,2-4,7-12H2,1H3,(H2,22,23,24). The van der Waals surface area contributed by atoms with E-state index in [4.69, 9.17) is 4.74 Å². The molecule has 0 atom stereocenters. The van der Waals surface area contributed by atoms with Gasteiger partial charge in [0.2, 0.25) is 0 Å². The van der Waals surface area contributed by atoms with Crippen LogP contribution >= 0.6 is 0 Å². The molecule has 26 heavy (non-hydrogen) atoms. The summed E-state index contributed by atoms with van der Waals surface area (Å²) in [6, 6.07) is 4.81. The highest BCUT2D eigenvalue weighted by Gasteiger charge is 2.31. The van der Waals surface area contributed by atoms with Crippen molar-refractivity contribution in [3.63, 3.8) is 0 Å². The van der Waals surface area contributed by atoms with Crippen LogP contribution < -0.4 is 15.4 Å². The molecule has 0 radical (unpaired) electrons. The van der Waals surface area contributed by atoms with Crippen LogP contribution in [0.2, 0.25) is 0 Å². The van der Waals surface area contributed by atoms with Crippen LogP contribution in [-0.4, -0.2) is 55.7 Å². The number of nitrogens with one attached hydrogen (secondary N) is 2. The number of rotatable bonds is 7. The van der Waals surface area contributed by atoms with Gasteiger partial charge in [0.15, 0.2) is 17.6 Å². The Kier molecular flexibility index (Phi) is 6.66. The number of guanidine groups is 1. The zero-order valence-corrected chi connectivity index (χ0v) is 15.3. The molecular weight excluding hydrogens is 338 g/mol. The molecular formula is C19H28F2N4O. The van der Waals surface area contributed by atoms with E-state index in [1.807, 2.05) is 6.92 Å². The van der Waals surface area contributed by atoms with E-state index in [1.54, 1.807) is 0 Å². The lowest BCUT2D eigenvalue weighted by molar-refractivity contribution is 0.197. The van der Waals surface area contributed by atoms with Gasteiger partial charge in [-0.1, -0.05) is 0 Å². The molecule has 0 bridgehead atoms. The number of likely N-dealkylation sites (tertiary alicyclic amines) is 1. The number of nitrogens with zero attached hydrogens (tertiary/aromatic N) is 2. The largest absolute Gasteiger partial charge is 0.492 e. The van der Waals surface area contributed by atoms with Crippen molar-refractivity contribution in [3.05, 3.63) is 29.8 Å². The number of piperidine rings is 1. The molecule has 1 heterocycles. The Labute approximate surface area is 153 Å². The van der Waals surface area contributed by atoms with Crippen molar-refractivity contribution in [1.29, 1.82) is 0 Å². The molecule has 1 aromatic rings. The highest BCUT2D eigenvalue weighted by Crippen LogP contribution is 2.29. The van der Waals surface area contributed by atoms with Crippen LogP contribution in [0.1, 0.15) is 32.6 Å². The van der Waals surface area contributed by atoms with Crippen LogP contribution in [0.5, 0.6) is 5.75 Å². The molecule has 0 aromatic heterocycles. The zero-order valence-electron chi connectivity index (χ0n) is 15.3. The van der Waals surface area contributed by atoms with E-state index in [-0.39, 0.29) is 0 Å². The zero-order chi connectivity index (χ0) is 18.4. The molecule has 0 unspecified atom stereocenters. The van der Waals surface area contributed by atoms with Crippen LogP contribution in [0, 0.1) is 11.6 Å². The minimum atomic E-state index is -0.904. The van der Waals surface area contributed by atoms with E-state index in [9.17, 15) is 8.78 Å². The fraction of sp³-hybridized carbons (Fsp3) is 0.632. The summed E-state index contributed by atoms with van der Waals surface area (Å²) in [6.07, 6.45) is 4.98. The SMILES string of the molecule is CCNC(=NCCOc1ccc(F)c(F)c1)NC1CCN(C2CC2)CC1. The Morgan fingerprint density at radius 3 is 2.62 bits per heavy atom. The third kappa shape index (κ3) is 5.56. The molecule has 144 valence electrons. The van der Waals surface area contributed by atoms with Gasteiger partial charge in [-0.15, -0.1) is 0 Å². The number of hydrogen-bond acceptors (Lipinski definition) is 3. The Morgan fingerprint density at radius 2 is 1.96 bits per heavy atom. The first-order valence-corrected chi connectivity index (χ1v) is 9.52. The van der Waals surface area contributed by atoms with Crippen molar-refractivity contribution in [1.82, 2.24) is 15.5 Å². The number of halogens is 2. The molecule has 2 aliphatic rings. The molecule has 0 amide bonds. The van der Waals surface area contributed by atoms with Crippen LogP contribution in [0.3, 0.4) is 0 Å². The first-order valence-electron chi connectivity index (χ1n) is 9.52. The quantitative estimate of drug-likeness (QED) is 0.442. The number of benzene rings is 1. The highest BCUT2D eigenvalue weighted by molar-refractivity contribution is 5.80. The van der Waals surface area contributed by atoms with Crippen molar-refractivity contribution >= 4 is 5.96 Å². The van der Waals surface area contributed by atoms with E-state index in [1.165, 1.54) is 18.9 Å². The molecule has 1 aliphatic heterocycles. The molecule has 0 spiro atoms. The van der Waals surface area contributed by atoms with Crippen molar-refractivity contribution in [2.75, 3.05) is 32.8 Å². The Hall–Kier alpha value is -1.89. The average Bonchev–Trinajstić information content (AvgIpc) is 3.47. The van der Waals surface area contributed by atoms with Gasteiger partial charge in [0.05, 0.1) is 6.54 Å².